The second-order valence-corrected chi connectivity index (χ2v) is 4.72. The van der Waals surface area contributed by atoms with Crippen LogP contribution in [0.2, 0.25) is 0 Å². The highest BCUT2D eigenvalue weighted by Gasteiger charge is 2.59. The summed E-state index contributed by atoms with van der Waals surface area (Å²) in [4.78, 5) is 0. The third-order valence-electron chi connectivity index (χ3n) is 3.69. The van der Waals surface area contributed by atoms with Crippen LogP contribution in [0.25, 0.3) is 0 Å². The van der Waals surface area contributed by atoms with Crippen LogP contribution in [-0.2, 0) is 0 Å². The van der Waals surface area contributed by atoms with E-state index >= 15 is 0 Å². The Balaban J connectivity index is 1.27. The average molecular weight is 163 g/mol. The van der Waals surface area contributed by atoms with Crippen LogP contribution in [-0.4, -0.2) is 0 Å². The third-order valence-corrected chi connectivity index (χ3v) is 3.69. The van der Waals surface area contributed by atoms with Gasteiger partial charge in [0.1, 0.15) is 0 Å². The molecule has 2 N–H and O–H groups in total. The molecule has 0 saturated heterocycles. The summed E-state index contributed by atoms with van der Waals surface area (Å²) < 4.78 is 0. The monoisotopic (exact) mass is 163 g/mol. The predicted octanol–water partition coefficient (Wildman–Crippen LogP) is 2.43. The maximum absolute atomic E-state index is 5.65. The van der Waals surface area contributed by atoms with Gasteiger partial charge in [-0.1, -0.05) is 32.1 Å². The highest BCUT2D eigenvalue weighted by atomic mass is 14.8. The summed E-state index contributed by atoms with van der Waals surface area (Å²) >= 11 is 0. The Morgan fingerprint density at radius 1 is 1.17 bits per heavy atom. The summed E-state index contributed by atoms with van der Waals surface area (Å²) in [5, 5.41) is 0. The van der Waals surface area contributed by atoms with Crippen LogP contribution in [0.4, 0.5) is 0 Å². The largest absolute Gasteiger partial charge is 0.402 e. The van der Waals surface area contributed by atoms with E-state index in [1.807, 2.05) is 0 Å². The van der Waals surface area contributed by atoms with Gasteiger partial charge in [0, 0.05) is 11.6 Å². The third kappa shape index (κ3) is 1.07. The van der Waals surface area contributed by atoms with Crippen molar-refractivity contribution in [3.63, 3.8) is 0 Å². The Hall–Kier alpha value is -0.460. The Morgan fingerprint density at radius 2 is 1.83 bits per heavy atom. The molecule has 0 amide bonds. The van der Waals surface area contributed by atoms with E-state index in [9.17, 15) is 0 Å². The van der Waals surface area contributed by atoms with Crippen LogP contribution < -0.4 is 5.73 Å². The molecule has 1 nitrogen and oxygen atoms in total. The molecule has 0 spiro atoms. The summed E-state index contributed by atoms with van der Waals surface area (Å²) in [5.74, 6) is 2.91. The number of hydrogen-bond acceptors (Lipinski definition) is 1. The Morgan fingerprint density at radius 3 is 2.42 bits per heavy atom. The van der Waals surface area contributed by atoms with E-state index in [0.29, 0.717) is 0 Å². The van der Waals surface area contributed by atoms with Crippen molar-refractivity contribution >= 4 is 0 Å². The zero-order valence-electron chi connectivity index (χ0n) is 7.55. The fourth-order valence-electron chi connectivity index (χ4n) is 2.45. The number of fused-ring (bicyclic) bond motifs is 1. The molecule has 1 heteroatoms. The molecule has 0 aromatic carbocycles. The van der Waals surface area contributed by atoms with Crippen molar-refractivity contribution < 1.29 is 0 Å². The molecule has 2 fully saturated rings. The highest BCUT2D eigenvalue weighted by molar-refractivity contribution is 5.57. The number of rotatable bonds is 5. The number of allylic oxidation sites excluding steroid dienone is 2. The minimum Gasteiger partial charge on any atom is -0.402 e. The minimum absolute atomic E-state index is 0.825. The summed E-state index contributed by atoms with van der Waals surface area (Å²) in [5.41, 5.74) is 8.51. The van der Waals surface area contributed by atoms with E-state index in [1.165, 1.54) is 44.2 Å². The quantitative estimate of drug-likeness (QED) is 0.619. The summed E-state index contributed by atoms with van der Waals surface area (Å²) in [6.45, 7) is 0. The van der Waals surface area contributed by atoms with Crippen LogP contribution in [0.3, 0.4) is 0 Å². The molecule has 3 rings (SSSR count). The molecular weight excluding hydrogens is 146 g/mol. The summed E-state index contributed by atoms with van der Waals surface area (Å²) in [6, 6.07) is 0. The Bertz CT molecular complexity index is 237. The van der Waals surface area contributed by atoms with Crippen LogP contribution >= 0.6 is 0 Å². The van der Waals surface area contributed by atoms with Crippen LogP contribution in [0.5, 0.6) is 0 Å². The first kappa shape index (κ1) is 6.99. The first-order valence-corrected chi connectivity index (χ1v) is 5.37. The van der Waals surface area contributed by atoms with Gasteiger partial charge >= 0.3 is 0 Å². The standard InChI is InChI=1S/C11H17N/c12-11-9-8(10(9)11)4-2-1-3-7-5-6-7/h7-9H,1-6,12H2. The molecule has 0 bridgehead atoms. The van der Waals surface area contributed by atoms with Crippen molar-refractivity contribution in [3.05, 3.63) is 11.3 Å². The van der Waals surface area contributed by atoms with E-state index in [-0.39, 0.29) is 0 Å². The molecule has 12 heavy (non-hydrogen) atoms. The normalized spacial score (nSPS) is 36.7. The van der Waals surface area contributed by atoms with Crippen LogP contribution in [0.1, 0.15) is 38.5 Å². The molecule has 0 aliphatic heterocycles. The zero-order valence-corrected chi connectivity index (χ0v) is 7.55. The predicted molar refractivity (Wildman–Crippen MR) is 49.4 cm³/mol. The topological polar surface area (TPSA) is 26.0 Å². The average Bonchev–Trinajstić information content (AvgIpc) is 2.85. The maximum atomic E-state index is 5.65. The molecule has 2 saturated carbocycles. The van der Waals surface area contributed by atoms with Gasteiger partial charge in [-0.25, -0.2) is 0 Å². The smallest absolute Gasteiger partial charge is 0.0284 e. The van der Waals surface area contributed by atoms with Gasteiger partial charge < -0.3 is 5.73 Å². The first-order valence-electron chi connectivity index (χ1n) is 5.37. The van der Waals surface area contributed by atoms with E-state index in [4.69, 9.17) is 5.73 Å². The summed E-state index contributed by atoms with van der Waals surface area (Å²) in [7, 11) is 0. The summed E-state index contributed by atoms with van der Waals surface area (Å²) in [6.07, 6.45) is 8.91. The van der Waals surface area contributed by atoms with Gasteiger partial charge in [0.25, 0.3) is 0 Å². The van der Waals surface area contributed by atoms with E-state index in [0.717, 1.165) is 17.8 Å². The number of hydrogen-bond donors (Lipinski definition) is 1. The molecule has 0 heterocycles. The van der Waals surface area contributed by atoms with E-state index < -0.39 is 0 Å². The Kier molecular flexibility index (Phi) is 1.32. The van der Waals surface area contributed by atoms with Crippen LogP contribution in [0, 0.1) is 17.8 Å². The lowest BCUT2D eigenvalue weighted by Crippen LogP contribution is -1.97. The number of unbranched alkanes of at least 4 members (excludes halogenated alkanes) is 1. The minimum atomic E-state index is 0.825. The Labute approximate surface area is 74.0 Å². The fourth-order valence-corrected chi connectivity index (χ4v) is 2.45. The second-order valence-electron chi connectivity index (χ2n) is 4.72. The molecule has 3 aliphatic carbocycles. The molecule has 2 unspecified atom stereocenters. The second kappa shape index (κ2) is 2.27. The molecule has 0 aromatic heterocycles. The maximum Gasteiger partial charge on any atom is 0.0284 e. The van der Waals surface area contributed by atoms with Gasteiger partial charge in [-0.15, -0.1) is 0 Å². The van der Waals surface area contributed by atoms with Crippen molar-refractivity contribution in [3.8, 4) is 0 Å². The van der Waals surface area contributed by atoms with Gasteiger partial charge in [-0.05, 0) is 23.8 Å². The number of nitrogens with two attached hydrogens (primary N) is 1. The highest BCUT2D eigenvalue weighted by Crippen LogP contribution is 2.66. The molecule has 66 valence electrons. The molecule has 0 aromatic rings. The van der Waals surface area contributed by atoms with Crippen LogP contribution in [0.15, 0.2) is 11.3 Å². The SMILES string of the molecule is NC1=C2C(CCCCC3CC3)C12. The lowest BCUT2D eigenvalue weighted by atomic mass is 10.1. The van der Waals surface area contributed by atoms with Crippen molar-refractivity contribution in [2.24, 2.45) is 23.5 Å². The fraction of sp³-hybridized carbons (Fsp3) is 0.818. The van der Waals surface area contributed by atoms with Gasteiger partial charge in [0.15, 0.2) is 0 Å². The zero-order chi connectivity index (χ0) is 8.13. The lowest BCUT2D eigenvalue weighted by molar-refractivity contribution is 0.559. The van der Waals surface area contributed by atoms with Crippen molar-refractivity contribution in [2.45, 2.75) is 38.5 Å². The van der Waals surface area contributed by atoms with Crippen molar-refractivity contribution in [1.82, 2.24) is 0 Å². The van der Waals surface area contributed by atoms with Crippen molar-refractivity contribution in [1.29, 1.82) is 0 Å². The molecular formula is C11H17N. The first-order chi connectivity index (χ1) is 5.88. The van der Waals surface area contributed by atoms with E-state index in [2.05, 4.69) is 0 Å². The molecule has 3 aliphatic rings. The molecule has 2 atom stereocenters. The van der Waals surface area contributed by atoms with Gasteiger partial charge in [-0.2, -0.15) is 0 Å². The van der Waals surface area contributed by atoms with E-state index in [1.54, 1.807) is 5.57 Å². The van der Waals surface area contributed by atoms with Gasteiger partial charge in [0.2, 0.25) is 0 Å². The molecule has 0 radical (unpaired) electrons. The lowest BCUT2D eigenvalue weighted by Gasteiger charge is -2.01. The van der Waals surface area contributed by atoms with Gasteiger partial charge in [-0.3, -0.25) is 0 Å². The van der Waals surface area contributed by atoms with Gasteiger partial charge in [0.05, 0.1) is 0 Å². The van der Waals surface area contributed by atoms with Crippen molar-refractivity contribution in [2.75, 3.05) is 0 Å².